The van der Waals surface area contributed by atoms with Crippen molar-refractivity contribution in [1.82, 2.24) is 4.90 Å². The average molecular weight is 293 g/mol. The summed E-state index contributed by atoms with van der Waals surface area (Å²) < 4.78 is 11.1. The summed E-state index contributed by atoms with van der Waals surface area (Å²) in [5.41, 5.74) is 0.997. The van der Waals surface area contributed by atoms with Crippen molar-refractivity contribution < 1.29 is 19.4 Å². The van der Waals surface area contributed by atoms with Gasteiger partial charge in [0.15, 0.2) is 6.61 Å². The maximum Gasteiger partial charge on any atom is 0.341 e. The SMILES string of the molecule is CN(Cc1ccccc1OCC(=O)O)CC1CCCCO1. The molecule has 5 nitrogen and oxygen atoms in total. The number of hydrogen-bond donors (Lipinski definition) is 1. The molecular weight excluding hydrogens is 270 g/mol. The van der Waals surface area contributed by atoms with Crippen molar-refractivity contribution in [3.8, 4) is 5.75 Å². The van der Waals surface area contributed by atoms with E-state index in [0.717, 1.165) is 38.1 Å². The molecule has 0 radical (unpaired) electrons. The zero-order valence-electron chi connectivity index (χ0n) is 12.5. The first-order chi connectivity index (χ1) is 10.1. The molecule has 0 aromatic heterocycles. The van der Waals surface area contributed by atoms with Crippen LogP contribution in [-0.2, 0) is 16.1 Å². The van der Waals surface area contributed by atoms with Gasteiger partial charge in [0.25, 0.3) is 0 Å². The van der Waals surface area contributed by atoms with Crippen LogP contribution in [0.2, 0.25) is 0 Å². The lowest BCUT2D eigenvalue weighted by Crippen LogP contribution is -2.33. The summed E-state index contributed by atoms with van der Waals surface area (Å²) in [6.07, 6.45) is 3.81. The molecule has 1 fully saturated rings. The molecule has 1 atom stereocenters. The monoisotopic (exact) mass is 293 g/mol. The molecule has 5 heteroatoms. The summed E-state index contributed by atoms with van der Waals surface area (Å²) in [4.78, 5) is 12.8. The first kappa shape index (κ1) is 15.8. The van der Waals surface area contributed by atoms with Gasteiger partial charge in [-0.2, -0.15) is 0 Å². The molecule has 0 amide bonds. The first-order valence-electron chi connectivity index (χ1n) is 7.38. The number of carbonyl (C=O) groups is 1. The minimum atomic E-state index is -0.964. The highest BCUT2D eigenvalue weighted by atomic mass is 16.5. The molecule has 1 aromatic carbocycles. The number of carboxylic acid groups (broad SMARTS) is 1. The van der Waals surface area contributed by atoms with Gasteiger partial charge in [-0.25, -0.2) is 4.79 Å². The highest BCUT2D eigenvalue weighted by Crippen LogP contribution is 2.20. The maximum absolute atomic E-state index is 10.6. The smallest absolute Gasteiger partial charge is 0.341 e. The quantitative estimate of drug-likeness (QED) is 0.834. The second-order valence-corrected chi connectivity index (χ2v) is 5.48. The largest absolute Gasteiger partial charge is 0.482 e. The van der Waals surface area contributed by atoms with Crippen LogP contribution in [0.1, 0.15) is 24.8 Å². The summed E-state index contributed by atoms with van der Waals surface area (Å²) in [5.74, 6) is -0.329. The molecule has 1 saturated heterocycles. The molecule has 0 saturated carbocycles. The Morgan fingerprint density at radius 3 is 2.95 bits per heavy atom. The van der Waals surface area contributed by atoms with Gasteiger partial charge < -0.3 is 14.6 Å². The van der Waals surface area contributed by atoms with E-state index in [1.807, 2.05) is 31.3 Å². The third-order valence-electron chi connectivity index (χ3n) is 3.55. The molecule has 21 heavy (non-hydrogen) atoms. The maximum atomic E-state index is 10.6. The van der Waals surface area contributed by atoms with Crippen molar-refractivity contribution in [3.05, 3.63) is 29.8 Å². The Balaban J connectivity index is 1.89. The molecule has 1 unspecified atom stereocenters. The van der Waals surface area contributed by atoms with E-state index in [-0.39, 0.29) is 6.61 Å². The minimum Gasteiger partial charge on any atom is -0.482 e. The van der Waals surface area contributed by atoms with Gasteiger partial charge in [0.1, 0.15) is 5.75 Å². The fraction of sp³-hybridized carbons (Fsp3) is 0.562. The van der Waals surface area contributed by atoms with Gasteiger partial charge >= 0.3 is 5.97 Å². The summed E-state index contributed by atoms with van der Waals surface area (Å²) in [5, 5.41) is 8.71. The van der Waals surface area contributed by atoms with E-state index in [9.17, 15) is 4.79 Å². The van der Waals surface area contributed by atoms with E-state index >= 15 is 0 Å². The lowest BCUT2D eigenvalue weighted by atomic mass is 10.1. The van der Waals surface area contributed by atoms with Gasteiger partial charge in [0.2, 0.25) is 0 Å². The van der Waals surface area contributed by atoms with Crippen molar-refractivity contribution in [2.45, 2.75) is 31.9 Å². The zero-order valence-corrected chi connectivity index (χ0v) is 12.5. The van der Waals surface area contributed by atoms with Gasteiger partial charge in [0.05, 0.1) is 6.10 Å². The lowest BCUT2D eigenvalue weighted by molar-refractivity contribution is -0.139. The molecule has 116 valence electrons. The van der Waals surface area contributed by atoms with Crippen LogP contribution < -0.4 is 4.74 Å². The lowest BCUT2D eigenvalue weighted by Gasteiger charge is -2.27. The Morgan fingerprint density at radius 1 is 1.43 bits per heavy atom. The molecule has 1 aromatic rings. The molecule has 0 aliphatic carbocycles. The summed E-state index contributed by atoms with van der Waals surface area (Å²) in [7, 11) is 2.05. The standard InChI is InChI=1S/C16H23NO4/c1-17(11-14-7-4-5-9-20-14)10-13-6-2-3-8-15(13)21-12-16(18)19/h2-3,6,8,14H,4-5,7,9-12H2,1H3,(H,18,19). The molecule has 1 N–H and O–H groups in total. The molecular formula is C16H23NO4. The number of carboxylic acids is 1. The highest BCUT2D eigenvalue weighted by Gasteiger charge is 2.16. The van der Waals surface area contributed by atoms with Gasteiger partial charge in [-0.1, -0.05) is 18.2 Å². The topological polar surface area (TPSA) is 59.0 Å². The molecule has 1 heterocycles. The Labute approximate surface area is 125 Å². The van der Waals surface area contributed by atoms with Crippen molar-refractivity contribution in [2.24, 2.45) is 0 Å². The van der Waals surface area contributed by atoms with E-state index < -0.39 is 5.97 Å². The molecule has 1 aliphatic heterocycles. The van der Waals surface area contributed by atoms with Crippen LogP contribution in [0, 0.1) is 0 Å². The third kappa shape index (κ3) is 5.36. The number of likely N-dealkylation sites (N-methyl/N-ethyl adjacent to an activating group) is 1. The second-order valence-electron chi connectivity index (χ2n) is 5.48. The number of aliphatic carboxylic acids is 1. The van der Waals surface area contributed by atoms with Gasteiger partial charge in [-0.15, -0.1) is 0 Å². The number of benzene rings is 1. The minimum absolute atomic E-state index is 0.302. The number of rotatable bonds is 7. The van der Waals surface area contributed by atoms with Crippen molar-refractivity contribution in [2.75, 3.05) is 26.8 Å². The van der Waals surface area contributed by atoms with E-state index in [4.69, 9.17) is 14.6 Å². The van der Waals surface area contributed by atoms with E-state index in [1.54, 1.807) is 0 Å². The Kier molecular flexibility index (Phi) is 6.02. The van der Waals surface area contributed by atoms with Crippen molar-refractivity contribution in [3.63, 3.8) is 0 Å². The molecule has 0 spiro atoms. The number of nitrogens with zero attached hydrogens (tertiary/aromatic N) is 1. The third-order valence-corrected chi connectivity index (χ3v) is 3.55. The van der Waals surface area contributed by atoms with E-state index in [0.29, 0.717) is 11.9 Å². The molecule has 0 bridgehead atoms. The fourth-order valence-electron chi connectivity index (χ4n) is 2.57. The van der Waals surface area contributed by atoms with Gasteiger partial charge in [-0.3, -0.25) is 4.90 Å². The number of ether oxygens (including phenoxy) is 2. The van der Waals surface area contributed by atoms with Crippen LogP contribution in [0.25, 0.3) is 0 Å². The highest BCUT2D eigenvalue weighted by molar-refractivity contribution is 5.68. The molecule has 1 aliphatic rings. The summed E-state index contributed by atoms with van der Waals surface area (Å²) in [6, 6.07) is 7.57. The Hall–Kier alpha value is -1.59. The predicted molar refractivity (Wildman–Crippen MR) is 79.5 cm³/mol. The predicted octanol–water partition coefficient (Wildman–Crippen LogP) is 2.15. The van der Waals surface area contributed by atoms with E-state index in [1.165, 1.54) is 6.42 Å². The van der Waals surface area contributed by atoms with Gasteiger partial charge in [-0.05, 0) is 32.4 Å². The average Bonchev–Trinajstić information content (AvgIpc) is 2.47. The zero-order chi connectivity index (χ0) is 15.1. The fourth-order valence-corrected chi connectivity index (χ4v) is 2.57. The summed E-state index contributed by atoms with van der Waals surface area (Å²) >= 11 is 0. The van der Waals surface area contributed by atoms with Crippen LogP contribution in [0.3, 0.4) is 0 Å². The van der Waals surface area contributed by atoms with Crippen LogP contribution in [0.4, 0.5) is 0 Å². The Bertz CT molecular complexity index is 457. The van der Waals surface area contributed by atoms with Crippen LogP contribution in [0.5, 0.6) is 5.75 Å². The first-order valence-corrected chi connectivity index (χ1v) is 7.38. The Morgan fingerprint density at radius 2 is 2.24 bits per heavy atom. The van der Waals surface area contributed by atoms with Crippen LogP contribution in [-0.4, -0.2) is 48.9 Å². The van der Waals surface area contributed by atoms with Crippen LogP contribution >= 0.6 is 0 Å². The van der Waals surface area contributed by atoms with Crippen molar-refractivity contribution in [1.29, 1.82) is 0 Å². The van der Waals surface area contributed by atoms with Crippen LogP contribution in [0.15, 0.2) is 24.3 Å². The van der Waals surface area contributed by atoms with Crippen molar-refractivity contribution >= 4 is 5.97 Å². The number of hydrogen-bond acceptors (Lipinski definition) is 4. The number of para-hydroxylation sites is 1. The second kappa shape index (κ2) is 8.00. The normalized spacial score (nSPS) is 18.7. The van der Waals surface area contributed by atoms with Gasteiger partial charge in [0, 0.05) is 25.3 Å². The summed E-state index contributed by atoms with van der Waals surface area (Å²) in [6.45, 7) is 2.15. The van der Waals surface area contributed by atoms with E-state index in [2.05, 4.69) is 4.90 Å². The molecule has 2 rings (SSSR count).